The molecule has 1 saturated heterocycles. The molecule has 0 spiro atoms. The molecule has 4 heterocycles. The summed E-state index contributed by atoms with van der Waals surface area (Å²) < 4.78 is 18.2. The molecule has 4 aromatic rings. The van der Waals surface area contributed by atoms with Crippen molar-refractivity contribution in [3.63, 3.8) is 0 Å². The van der Waals surface area contributed by atoms with Crippen molar-refractivity contribution in [2.24, 2.45) is 0 Å². The van der Waals surface area contributed by atoms with E-state index in [0.29, 0.717) is 34.7 Å². The van der Waals surface area contributed by atoms with Crippen LogP contribution >= 0.6 is 0 Å². The van der Waals surface area contributed by atoms with E-state index in [9.17, 15) is 5.11 Å². The quantitative estimate of drug-likeness (QED) is 0.345. The second kappa shape index (κ2) is 9.29. The fourth-order valence-corrected chi connectivity index (χ4v) is 4.48. The number of fused-ring (bicyclic) bond motifs is 1. The second-order valence-corrected chi connectivity index (χ2v) is 8.25. The van der Waals surface area contributed by atoms with Gasteiger partial charge in [0.1, 0.15) is 12.1 Å². The molecule has 0 amide bonds. The molecule has 3 aromatic heterocycles. The van der Waals surface area contributed by atoms with Crippen LogP contribution in [0, 0.1) is 6.92 Å². The van der Waals surface area contributed by atoms with Gasteiger partial charge in [0.15, 0.2) is 23.0 Å². The Morgan fingerprint density at radius 3 is 2.60 bits per heavy atom. The minimum atomic E-state index is 0.0227. The van der Waals surface area contributed by atoms with Gasteiger partial charge in [-0.2, -0.15) is 15.1 Å². The Hall–Kier alpha value is -4.06. The Morgan fingerprint density at radius 1 is 1.14 bits per heavy atom. The molecule has 12 nitrogen and oxygen atoms in total. The summed E-state index contributed by atoms with van der Waals surface area (Å²) in [5.41, 5.74) is 2.23. The largest absolute Gasteiger partial charge is 0.493 e. The molecule has 1 aliphatic heterocycles. The number of aryl methyl sites for hydroxylation is 1. The third-order valence-electron chi connectivity index (χ3n) is 6.21. The van der Waals surface area contributed by atoms with Gasteiger partial charge >= 0.3 is 0 Å². The molecule has 3 N–H and O–H groups in total. The number of anilines is 3. The monoisotopic (exact) mass is 480 g/mol. The highest BCUT2D eigenvalue weighted by molar-refractivity contribution is 5.91. The van der Waals surface area contributed by atoms with Crippen molar-refractivity contribution in [3.8, 4) is 22.9 Å². The first-order valence-corrected chi connectivity index (χ1v) is 11.3. The molecule has 1 aromatic carbocycles. The predicted molar refractivity (Wildman–Crippen MR) is 130 cm³/mol. The third kappa shape index (κ3) is 4.05. The summed E-state index contributed by atoms with van der Waals surface area (Å²) in [7, 11) is 4.72. The van der Waals surface area contributed by atoms with Gasteiger partial charge in [0.2, 0.25) is 11.7 Å². The molecule has 0 aliphatic carbocycles. The number of aliphatic hydroxyl groups excluding tert-OH is 1. The summed E-state index contributed by atoms with van der Waals surface area (Å²) in [4.78, 5) is 16.0. The topological polar surface area (TPSA) is 135 Å². The van der Waals surface area contributed by atoms with Crippen LogP contribution in [-0.4, -0.2) is 75.3 Å². The van der Waals surface area contributed by atoms with E-state index in [1.807, 2.05) is 29.8 Å². The Kier molecular flexibility index (Phi) is 6.03. The molecule has 35 heavy (non-hydrogen) atoms. The smallest absolute Gasteiger partial charge is 0.232 e. The number of nitrogens with zero attached hydrogens (tertiary/aromatic N) is 6. The van der Waals surface area contributed by atoms with E-state index in [0.717, 1.165) is 42.0 Å². The highest BCUT2D eigenvalue weighted by atomic mass is 16.5. The van der Waals surface area contributed by atoms with Gasteiger partial charge in [0, 0.05) is 18.7 Å². The van der Waals surface area contributed by atoms with Gasteiger partial charge < -0.3 is 34.1 Å². The molecular formula is C23H28N8O4. The Balaban J connectivity index is 1.48. The van der Waals surface area contributed by atoms with E-state index in [1.165, 1.54) is 0 Å². The second-order valence-electron chi connectivity index (χ2n) is 8.25. The van der Waals surface area contributed by atoms with Crippen molar-refractivity contribution in [1.29, 1.82) is 0 Å². The van der Waals surface area contributed by atoms with Gasteiger partial charge in [-0.15, -0.1) is 0 Å². The average molecular weight is 481 g/mol. The number of nitrogens with one attached hydrogen (secondary N) is 2. The first-order valence-electron chi connectivity index (χ1n) is 11.3. The number of H-pyrrole nitrogens is 1. The minimum Gasteiger partial charge on any atom is -0.493 e. The third-order valence-corrected chi connectivity index (χ3v) is 6.21. The summed E-state index contributed by atoms with van der Waals surface area (Å²) in [5.74, 6) is 3.30. The lowest BCUT2D eigenvalue weighted by Gasteiger charge is -2.25. The van der Waals surface area contributed by atoms with Crippen molar-refractivity contribution in [2.75, 3.05) is 44.7 Å². The van der Waals surface area contributed by atoms with Crippen LogP contribution in [0.1, 0.15) is 18.5 Å². The number of aromatic amines is 1. The van der Waals surface area contributed by atoms with Gasteiger partial charge in [0.25, 0.3) is 0 Å². The van der Waals surface area contributed by atoms with Gasteiger partial charge in [0.05, 0.1) is 56.9 Å². The molecular weight excluding hydrogens is 452 g/mol. The average Bonchev–Trinajstić information content (AvgIpc) is 3.63. The van der Waals surface area contributed by atoms with Crippen LogP contribution in [0.15, 0.2) is 24.7 Å². The van der Waals surface area contributed by atoms with E-state index in [1.54, 1.807) is 27.7 Å². The van der Waals surface area contributed by atoms with E-state index in [4.69, 9.17) is 19.2 Å². The van der Waals surface area contributed by atoms with Gasteiger partial charge in [-0.25, -0.2) is 4.98 Å². The van der Waals surface area contributed by atoms with Gasteiger partial charge in [-0.05, 0) is 19.8 Å². The molecule has 184 valence electrons. The van der Waals surface area contributed by atoms with Gasteiger partial charge in [-0.1, -0.05) is 0 Å². The van der Waals surface area contributed by atoms with Crippen molar-refractivity contribution in [1.82, 2.24) is 29.7 Å². The SMILES string of the molecule is COc1cc(-n2cnc(Nc3nc(N4CCCC4CO)c4c(C)n[nH]c4n3)c2)cc(OC)c1OC. The molecule has 12 heteroatoms. The summed E-state index contributed by atoms with van der Waals surface area (Å²) in [5, 5.41) is 21.2. The van der Waals surface area contributed by atoms with Gasteiger partial charge in [-0.3, -0.25) is 5.10 Å². The zero-order chi connectivity index (χ0) is 24.5. The lowest BCUT2D eigenvalue weighted by atomic mass is 10.2. The first kappa shape index (κ1) is 22.7. The van der Waals surface area contributed by atoms with Crippen molar-refractivity contribution < 1.29 is 19.3 Å². The zero-order valence-corrected chi connectivity index (χ0v) is 20.1. The number of aliphatic hydroxyl groups is 1. The molecule has 1 unspecified atom stereocenters. The minimum absolute atomic E-state index is 0.0227. The zero-order valence-electron chi connectivity index (χ0n) is 20.1. The highest BCUT2D eigenvalue weighted by Crippen LogP contribution is 2.39. The Labute approximate surface area is 201 Å². The number of ether oxygens (including phenoxy) is 3. The number of hydrogen-bond acceptors (Lipinski definition) is 10. The van der Waals surface area contributed by atoms with E-state index >= 15 is 0 Å². The van der Waals surface area contributed by atoms with E-state index in [-0.39, 0.29) is 12.6 Å². The van der Waals surface area contributed by atoms with Crippen LogP contribution in [0.4, 0.5) is 17.6 Å². The highest BCUT2D eigenvalue weighted by Gasteiger charge is 2.28. The lowest BCUT2D eigenvalue weighted by Crippen LogP contribution is -2.33. The summed E-state index contributed by atoms with van der Waals surface area (Å²) in [6.07, 6.45) is 5.40. The maximum Gasteiger partial charge on any atom is 0.232 e. The standard InChI is InChI=1S/C23H28N8O4/c1-13-19-21(29-28-13)26-23(27-22(19)31-7-5-6-14(31)11-32)25-18-10-30(12-24-18)15-8-16(33-2)20(35-4)17(9-15)34-3/h8-10,12,14,32H,5-7,11H2,1-4H3,(H2,25,26,27,28,29). The molecule has 0 bridgehead atoms. The van der Waals surface area contributed by atoms with Crippen LogP contribution in [0.3, 0.4) is 0 Å². The van der Waals surface area contributed by atoms with E-state index < -0.39 is 0 Å². The number of rotatable bonds is 8. The van der Waals surface area contributed by atoms with Crippen LogP contribution in [0.2, 0.25) is 0 Å². The Bertz CT molecular complexity index is 1330. The summed E-state index contributed by atoms with van der Waals surface area (Å²) >= 11 is 0. The summed E-state index contributed by atoms with van der Waals surface area (Å²) in [6.45, 7) is 2.81. The van der Waals surface area contributed by atoms with Crippen LogP contribution in [0.5, 0.6) is 17.2 Å². The van der Waals surface area contributed by atoms with Crippen molar-refractivity contribution in [3.05, 3.63) is 30.4 Å². The molecule has 0 radical (unpaired) electrons. The number of imidazole rings is 1. The molecule has 0 saturated carbocycles. The molecule has 1 atom stereocenters. The maximum atomic E-state index is 9.85. The van der Waals surface area contributed by atoms with Crippen LogP contribution < -0.4 is 24.4 Å². The maximum absolute atomic E-state index is 9.85. The van der Waals surface area contributed by atoms with Crippen LogP contribution in [-0.2, 0) is 0 Å². The number of hydrogen-bond donors (Lipinski definition) is 3. The molecule has 1 aliphatic rings. The first-order chi connectivity index (χ1) is 17.1. The Morgan fingerprint density at radius 2 is 1.91 bits per heavy atom. The van der Waals surface area contributed by atoms with Crippen LogP contribution in [0.25, 0.3) is 16.7 Å². The number of methoxy groups -OCH3 is 3. The van der Waals surface area contributed by atoms with E-state index in [2.05, 4.69) is 30.4 Å². The lowest BCUT2D eigenvalue weighted by molar-refractivity contribution is 0.266. The normalized spacial score (nSPS) is 15.6. The molecule has 5 rings (SSSR count). The van der Waals surface area contributed by atoms with Crippen molar-refractivity contribution in [2.45, 2.75) is 25.8 Å². The molecule has 1 fully saturated rings. The fraction of sp³-hybridized carbons (Fsp3) is 0.391. The summed E-state index contributed by atoms with van der Waals surface area (Å²) in [6, 6.07) is 3.70. The van der Waals surface area contributed by atoms with Crippen molar-refractivity contribution >= 4 is 28.6 Å². The number of benzene rings is 1. The fourth-order valence-electron chi connectivity index (χ4n) is 4.48. The predicted octanol–water partition coefficient (Wildman–Crippen LogP) is 2.58. The number of aromatic nitrogens is 6.